The fraction of sp³-hybridized carbons (Fsp3) is 0.190. The largest absolute Gasteiger partial charge is 0.433 e. The fourth-order valence-corrected chi connectivity index (χ4v) is 4.74. The molecule has 1 aromatic heterocycles. The zero-order valence-corrected chi connectivity index (χ0v) is 19.3. The third-order valence-corrected chi connectivity index (χ3v) is 6.46. The number of benzene rings is 2. The van der Waals surface area contributed by atoms with Crippen molar-refractivity contribution in [3.63, 3.8) is 0 Å². The number of halogens is 7. The standard InChI is InChI=1S/C21H12Cl4F3N3O2/c22-12-3-1-10(14(24)5-12)8-20(9-11-2-4-13(23)6-15(11)25)18(33)30-19-29-16(21(26,27)28)7-17(32)31(19)20/h1-7H,8-9H2,(H,29,30,33). The minimum Gasteiger partial charge on any atom is -0.294 e. The third-order valence-electron chi connectivity index (χ3n) is 5.28. The van der Waals surface area contributed by atoms with E-state index in [-0.39, 0.29) is 22.9 Å². The molecule has 4 rings (SSSR count). The van der Waals surface area contributed by atoms with Crippen molar-refractivity contribution in [2.45, 2.75) is 24.6 Å². The highest BCUT2D eigenvalue weighted by atomic mass is 35.5. The highest BCUT2D eigenvalue weighted by molar-refractivity contribution is 6.35. The molecule has 0 saturated heterocycles. The van der Waals surface area contributed by atoms with Crippen LogP contribution in [-0.4, -0.2) is 15.5 Å². The van der Waals surface area contributed by atoms with Gasteiger partial charge in [-0.1, -0.05) is 58.5 Å². The van der Waals surface area contributed by atoms with E-state index in [0.29, 0.717) is 27.2 Å². The molecule has 0 radical (unpaired) electrons. The van der Waals surface area contributed by atoms with Gasteiger partial charge in [0.15, 0.2) is 5.69 Å². The van der Waals surface area contributed by atoms with Gasteiger partial charge in [-0.15, -0.1) is 0 Å². The molecular formula is C21H12Cl4F3N3O2. The van der Waals surface area contributed by atoms with Gasteiger partial charge in [-0.2, -0.15) is 13.2 Å². The molecule has 0 fully saturated rings. The van der Waals surface area contributed by atoms with Crippen LogP contribution < -0.4 is 10.9 Å². The number of fused-ring (bicyclic) bond motifs is 1. The van der Waals surface area contributed by atoms with E-state index in [1.54, 1.807) is 24.3 Å². The first-order chi connectivity index (χ1) is 15.4. The number of carbonyl (C=O) groups excluding carboxylic acids is 1. The summed E-state index contributed by atoms with van der Waals surface area (Å²) in [5.41, 5.74) is -3.29. The zero-order chi connectivity index (χ0) is 24.1. The molecule has 0 spiro atoms. The summed E-state index contributed by atoms with van der Waals surface area (Å²) >= 11 is 24.6. The monoisotopic (exact) mass is 535 g/mol. The highest BCUT2D eigenvalue weighted by Gasteiger charge is 2.50. The Morgan fingerprint density at radius 2 is 1.39 bits per heavy atom. The van der Waals surface area contributed by atoms with Gasteiger partial charge < -0.3 is 0 Å². The summed E-state index contributed by atoms with van der Waals surface area (Å²) in [4.78, 5) is 29.7. The van der Waals surface area contributed by atoms with Crippen LogP contribution in [0.1, 0.15) is 16.8 Å². The van der Waals surface area contributed by atoms with Gasteiger partial charge in [-0.25, -0.2) is 4.98 Å². The van der Waals surface area contributed by atoms with Crippen LogP contribution >= 0.6 is 46.4 Å². The van der Waals surface area contributed by atoms with Crippen molar-refractivity contribution in [3.05, 3.63) is 89.7 Å². The second-order valence-corrected chi connectivity index (χ2v) is 9.13. The Balaban J connectivity index is 1.94. The normalized spacial score (nSPS) is 14.8. The molecule has 0 bridgehead atoms. The summed E-state index contributed by atoms with van der Waals surface area (Å²) in [5.74, 6) is -1.25. The van der Waals surface area contributed by atoms with Crippen molar-refractivity contribution in [1.82, 2.24) is 9.55 Å². The lowest BCUT2D eigenvalue weighted by Crippen LogP contribution is -2.47. The molecule has 12 heteroatoms. The Labute approximate surface area is 205 Å². The SMILES string of the molecule is O=C1Nc2nc(C(F)(F)F)cc(=O)n2C1(Cc1ccc(Cl)cc1Cl)Cc1ccc(Cl)cc1Cl. The Morgan fingerprint density at radius 3 is 1.85 bits per heavy atom. The van der Waals surface area contributed by atoms with Gasteiger partial charge in [-0.05, 0) is 35.4 Å². The minimum atomic E-state index is -4.87. The Bertz CT molecular complexity index is 1290. The lowest BCUT2D eigenvalue weighted by Gasteiger charge is -2.30. The molecule has 1 amide bonds. The maximum absolute atomic E-state index is 13.3. The minimum absolute atomic E-state index is 0.145. The highest BCUT2D eigenvalue weighted by Crippen LogP contribution is 2.39. The summed E-state index contributed by atoms with van der Waals surface area (Å²) in [7, 11) is 0. The predicted octanol–water partition coefficient (Wildman–Crippen LogP) is 6.01. The Hall–Kier alpha value is -2.26. The number of anilines is 1. The molecule has 3 aromatic rings. The maximum atomic E-state index is 13.3. The zero-order valence-electron chi connectivity index (χ0n) is 16.3. The molecule has 5 nitrogen and oxygen atoms in total. The average molecular weight is 537 g/mol. The summed E-state index contributed by atoms with van der Waals surface area (Å²) in [6, 6.07) is 9.52. The van der Waals surface area contributed by atoms with Gasteiger partial charge in [-0.3, -0.25) is 19.5 Å². The number of hydrogen-bond donors (Lipinski definition) is 1. The number of carbonyl (C=O) groups is 1. The van der Waals surface area contributed by atoms with Crippen LogP contribution in [0, 0.1) is 0 Å². The molecule has 0 unspecified atom stereocenters. The van der Waals surface area contributed by atoms with Crippen molar-refractivity contribution in [1.29, 1.82) is 0 Å². The van der Waals surface area contributed by atoms with E-state index in [2.05, 4.69) is 10.3 Å². The van der Waals surface area contributed by atoms with E-state index in [0.717, 1.165) is 4.57 Å². The van der Waals surface area contributed by atoms with Crippen LogP contribution in [0.5, 0.6) is 0 Å². The quantitative estimate of drug-likeness (QED) is 0.444. The number of aromatic nitrogens is 2. The molecule has 1 N–H and O–H groups in total. The average Bonchev–Trinajstić information content (AvgIpc) is 2.97. The summed E-state index contributed by atoms with van der Waals surface area (Å²) in [6.45, 7) is 0. The molecule has 0 atom stereocenters. The summed E-state index contributed by atoms with van der Waals surface area (Å²) in [5, 5.41) is 3.46. The number of amides is 1. The number of hydrogen-bond acceptors (Lipinski definition) is 3. The molecule has 172 valence electrons. The lowest BCUT2D eigenvalue weighted by atomic mass is 9.84. The van der Waals surface area contributed by atoms with Gasteiger partial charge in [0.05, 0.1) is 0 Å². The van der Waals surface area contributed by atoms with E-state index in [9.17, 15) is 22.8 Å². The van der Waals surface area contributed by atoms with E-state index in [4.69, 9.17) is 46.4 Å². The first kappa shape index (κ1) is 23.9. The Morgan fingerprint density at radius 1 is 0.879 bits per heavy atom. The molecule has 33 heavy (non-hydrogen) atoms. The van der Waals surface area contributed by atoms with Crippen LogP contribution in [0.25, 0.3) is 0 Å². The molecule has 0 saturated carbocycles. The molecule has 1 aliphatic heterocycles. The van der Waals surface area contributed by atoms with E-state index >= 15 is 0 Å². The molecular weight excluding hydrogens is 525 g/mol. The molecule has 1 aliphatic rings. The number of nitrogens with zero attached hydrogens (tertiary/aromatic N) is 2. The van der Waals surface area contributed by atoms with Crippen molar-refractivity contribution in [3.8, 4) is 0 Å². The topological polar surface area (TPSA) is 64.0 Å². The first-order valence-corrected chi connectivity index (χ1v) is 10.8. The van der Waals surface area contributed by atoms with Crippen LogP contribution in [0.3, 0.4) is 0 Å². The fourth-order valence-electron chi connectivity index (χ4n) is 3.79. The second-order valence-electron chi connectivity index (χ2n) is 7.45. The van der Waals surface area contributed by atoms with Crippen molar-refractivity contribution >= 4 is 58.3 Å². The molecule has 2 heterocycles. The maximum Gasteiger partial charge on any atom is 0.433 e. The Kier molecular flexibility index (Phi) is 6.16. The van der Waals surface area contributed by atoms with Crippen LogP contribution in [0.15, 0.2) is 47.3 Å². The summed E-state index contributed by atoms with van der Waals surface area (Å²) in [6.07, 6.45) is -5.16. The summed E-state index contributed by atoms with van der Waals surface area (Å²) < 4.78 is 40.6. The lowest BCUT2D eigenvalue weighted by molar-refractivity contribution is -0.141. The number of rotatable bonds is 4. The van der Waals surface area contributed by atoms with Crippen LogP contribution in [0.2, 0.25) is 20.1 Å². The van der Waals surface area contributed by atoms with Gasteiger partial charge in [0.25, 0.3) is 11.5 Å². The van der Waals surface area contributed by atoms with Gasteiger partial charge in [0.2, 0.25) is 5.95 Å². The van der Waals surface area contributed by atoms with Crippen molar-refractivity contribution in [2.24, 2.45) is 0 Å². The van der Waals surface area contributed by atoms with Crippen LogP contribution in [0.4, 0.5) is 19.1 Å². The van der Waals surface area contributed by atoms with Crippen LogP contribution in [-0.2, 0) is 29.4 Å². The van der Waals surface area contributed by atoms with Crippen molar-refractivity contribution in [2.75, 3.05) is 5.32 Å². The van der Waals surface area contributed by atoms with Gasteiger partial charge >= 0.3 is 6.18 Å². The molecule has 2 aromatic carbocycles. The van der Waals surface area contributed by atoms with Crippen molar-refractivity contribution < 1.29 is 18.0 Å². The van der Waals surface area contributed by atoms with E-state index in [1.165, 1.54) is 12.1 Å². The third kappa shape index (κ3) is 4.45. The van der Waals surface area contributed by atoms with Gasteiger partial charge in [0, 0.05) is 39.0 Å². The first-order valence-electron chi connectivity index (χ1n) is 9.32. The second kappa shape index (κ2) is 8.51. The van der Waals surface area contributed by atoms with E-state index in [1.807, 2.05) is 0 Å². The predicted molar refractivity (Wildman–Crippen MR) is 120 cm³/mol. The van der Waals surface area contributed by atoms with E-state index < -0.39 is 34.8 Å². The smallest absolute Gasteiger partial charge is 0.294 e. The number of alkyl halides is 3. The van der Waals surface area contributed by atoms with Gasteiger partial charge in [0.1, 0.15) is 5.54 Å². The molecule has 0 aliphatic carbocycles. The number of nitrogens with one attached hydrogen (secondary N) is 1.